The Morgan fingerprint density at radius 2 is 2.29 bits per heavy atom. The lowest BCUT2D eigenvalue weighted by Crippen LogP contribution is -2.23. The third kappa shape index (κ3) is 3.30. The number of halogens is 1. The second kappa shape index (κ2) is 5.54. The summed E-state index contributed by atoms with van der Waals surface area (Å²) in [6, 6.07) is 4.75. The maximum Gasteiger partial charge on any atom is 0.214 e. The van der Waals surface area contributed by atoms with E-state index in [9.17, 15) is 4.39 Å². The number of aromatic nitrogens is 1. The number of ether oxygens (including phenoxy) is 1. The standard InChI is InChI=1S/C10H15FN2O/c1-3-14-8-7-13(2)10-6-4-5-9(11)12-10/h4-6H,3,7-8H2,1-2H3. The highest BCUT2D eigenvalue weighted by molar-refractivity contribution is 5.36. The molecule has 3 nitrogen and oxygen atoms in total. The van der Waals surface area contributed by atoms with Gasteiger partial charge < -0.3 is 9.64 Å². The van der Waals surface area contributed by atoms with Crippen molar-refractivity contribution in [2.45, 2.75) is 6.92 Å². The minimum Gasteiger partial charge on any atom is -0.380 e. The van der Waals surface area contributed by atoms with Crippen LogP contribution in [0.4, 0.5) is 10.2 Å². The highest BCUT2D eigenvalue weighted by Crippen LogP contribution is 2.07. The summed E-state index contributed by atoms with van der Waals surface area (Å²) < 4.78 is 17.9. The van der Waals surface area contributed by atoms with Crippen molar-refractivity contribution < 1.29 is 9.13 Å². The Hall–Kier alpha value is -1.16. The molecule has 0 aromatic carbocycles. The summed E-state index contributed by atoms with van der Waals surface area (Å²) >= 11 is 0. The molecule has 1 aromatic heterocycles. The first-order valence-electron chi connectivity index (χ1n) is 4.65. The van der Waals surface area contributed by atoms with E-state index in [2.05, 4.69) is 4.98 Å². The van der Waals surface area contributed by atoms with E-state index in [4.69, 9.17) is 4.74 Å². The molecule has 14 heavy (non-hydrogen) atoms. The van der Waals surface area contributed by atoms with Gasteiger partial charge in [-0.15, -0.1) is 0 Å². The van der Waals surface area contributed by atoms with Crippen LogP contribution in [0.3, 0.4) is 0 Å². The summed E-state index contributed by atoms with van der Waals surface area (Å²) in [4.78, 5) is 5.62. The second-order valence-electron chi connectivity index (χ2n) is 2.94. The highest BCUT2D eigenvalue weighted by Gasteiger charge is 2.02. The molecule has 1 rings (SSSR count). The van der Waals surface area contributed by atoms with Gasteiger partial charge in [-0.05, 0) is 19.1 Å². The molecule has 78 valence electrons. The molecule has 0 amide bonds. The maximum atomic E-state index is 12.7. The zero-order valence-electron chi connectivity index (χ0n) is 8.53. The highest BCUT2D eigenvalue weighted by atomic mass is 19.1. The van der Waals surface area contributed by atoms with Crippen molar-refractivity contribution in [2.24, 2.45) is 0 Å². The van der Waals surface area contributed by atoms with Crippen LogP contribution in [0.2, 0.25) is 0 Å². The topological polar surface area (TPSA) is 25.4 Å². The van der Waals surface area contributed by atoms with Crippen LogP contribution in [-0.4, -0.2) is 31.8 Å². The van der Waals surface area contributed by atoms with Crippen LogP contribution >= 0.6 is 0 Å². The van der Waals surface area contributed by atoms with Gasteiger partial charge in [0.15, 0.2) is 0 Å². The van der Waals surface area contributed by atoms with Gasteiger partial charge in [0.05, 0.1) is 6.61 Å². The van der Waals surface area contributed by atoms with Gasteiger partial charge in [0.25, 0.3) is 0 Å². The molecule has 0 bridgehead atoms. The molecule has 0 radical (unpaired) electrons. The van der Waals surface area contributed by atoms with E-state index in [1.165, 1.54) is 6.07 Å². The molecule has 0 atom stereocenters. The van der Waals surface area contributed by atoms with E-state index in [0.717, 1.165) is 0 Å². The Labute approximate surface area is 83.5 Å². The van der Waals surface area contributed by atoms with Crippen molar-refractivity contribution in [3.05, 3.63) is 24.1 Å². The average molecular weight is 198 g/mol. The smallest absolute Gasteiger partial charge is 0.214 e. The van der Waals surface area contributed by atoms with Gasteiger partial charge in [-0.2, -0.15) is 4.39 Å². The number of rotatable bonds is 5. The molecule has 0 saturated carbocycles. The van der Waals surface area contributed by atoms with E-state index < -0.39 is 5.95 Å². The normalized spacial score (nSPS) is 10.2. The Kier molecular flexibility index (Phi) is 4.32. The van der Waals surface area contributed by atoms with Gasteiger partial charge in [0.1, 0.15) is 5.82 Å². The zero-order chi connectivity index (χ0) is 10.4. The Morgan fingerprint density at radius 3 is 2.93 bits per heavy atom. The quantitative estimate of drug-likeness (QED) is 0.532. The van der Waals surface area contributed by atoms with E-state index in [0.29, 0.717) is 25.6 Å². The van der Waals surface area contributed by atoms with E-state index in [1.54, 1.807) is 12.1 Å². The average Bonchev–Trinajstić information content (AvgIpc) is 2.18. The number of anilines is 1. The van der Waals surface area contributed by atoms with Crippen molar-refractivity contribution in [1.82, 2.24) is 4.98 Å². The molecule has 0 aliphatic heterocycles. The lowest BCUT2D eigenvalue weighted by atomic mass is 10.4. The van der Waals surface area contributed by atoms with Crippen LogP contribution in [0.5, 0.6) is 0 Å². The Morgan fingerprint density at radius 1 is 1.50 bits per heavy atom. The number of pyridine rings is 1. The molecule has 4 heteroatoms. The lowest BCUT2D eigenvalue weighted by Gasteiger charge is -2.17. The maximum absolute atomic E-state index is 12.7. The molecule has 0 unspecified atom stereocenters. The fraction of sp³-hybridized carbons (Fsp3) is 0.500. The summed E-state index contributed by atoms with van der Waals surface area (Å²) in [6.07, 6.45) is 0. The Bertz CT molecular complexity index is 281. The first-order valence-corrected chi connectivity index (χ1v) is 4.65. The predicted molar refractivity (Wildman–Crippen MR) is 54.0 cm³/mol. The van der Waals surface area contributed by atoms with Gasteiger partial charge in [-0.3, -0.25) is 0 Å². The van der Waals surface area contributed by atoms with Crippen molar-refractivity contribution in [3.63, 3.8) is 0 Å². The van der Waals surface area contributed by atoms with Crippen LogP contribution in [0.25, 0.3) is 0 Å². The van der Waals surface area contributed by atoms with Crippen LogP contribution in [-0.2, 0) is 4.74 Å². The van der Waals surface area contributed by atoms with Gasteiger partial charge in [0, 0.05) is 20.2 Å². The third-order valence-corrected chi connectivity index (χ3v) is 1.87. The van der Waals surface area contributed by atoms with Gasteiger partial charge >= 0.3 is 0 Å². The summed E-state index contributed by atoms with van der Waals surface area (Å²) in [6.45, 7) is 3.99. The third-order valence-electron chi connectivity index (χ3n) is 1.87. The van der Waals surface area contributed by atoms with Gasteiger partial charge in [-0.25, -0.2) is 4.98 Å². The molecule has 1 heterocycles. The predicted octanol–water partition coefficient (Wildman–Crippen LogP) is 1.69. The first-order chi connectivity index (χ1) is 6.74. The van der Waals surface area contributed by atoms with Gasteiger partial charge in [0.2, 0.25) is 5.95 Å². The van der Waals surface area contributed by atoms with Crippen molar-refractivity contribution >= 4 is 5.82 Å². The van der Waals surface area contributed by atoms with E-state index >= 15 is 0 Å². The molecular formula is C10H15FN2O. The monoisotopic (exact) mass is 198 g/mol. The Balaban J connectivity index is 2.47. The minimum absolute atomic E-state index is 0.453. The molecule has 0 fully saturated rings. The first kappa shape index (κ1) is 10.9. The van der Waals surface area contributed by atoms with Crippen molar-refractivity contribution in [1.29, 1.82) is 0 Å². The second-order valence-corrected chi connectivity index (χ2v) is 2.94. The van der Waals surface area contributed by atoms with E-state index in [-0.39, 0.29) is 0 Å². The van der Waals surface area contributed by atoms with Crippen molar-refractivity contribution in [2.75, 3.05) is 31.7 Å². The van der Waals surface area contributed by atoms with Crippen molar-refractivity contribution in [3.8, 4) is 0 Å². The number of likely N-dealkylation sites (N-methyl/N-ethyl adjacent to an activating group) is 1. The fourth-order valence-corrected chi connectivity index (χ4v) is 1.07. The molecule has 0 N–H and O–H groups in total. The van der Waals surface area contributed by atoms with Gasteiger partial charge in [-0.1, -0.05) is 6.07 Å². The summed E-state index contributed by atoms with van der Waals surface area (Å²) in [7, 11) is 1.86. The van der Waals surface area contributed by atoms with Crippen LogP contribution in [0, 0.1) is 5.95 Å². The number of hydrogen-bond donors (Lipinski definition) is 0. The summed E-state index contributed by atoms with van der Waals surface area (Å²) in [5.41, 5.74) is 0. The SMILES string of the molecule is CCOCCN(C)c1cccc(F)n1. The molecular weight excluding hydrogens is 183 g/mol. The molecule has 0 saturated heterocycles. The number of hydrogen-bond acceptors (Lipinski definition) is 3. The zero-order valence-corrected chi connectivity index (χ0v) is 8.53. The molecule has 1 aromatic rings. The number of nitrogens with zero attached hydrogens (tertiary/aromatic N) is 2. The summed E-state index contributed by atoms with van der Waals surface area (Å²) in [5.74, 6) is 0.176. The van der Waals surface area contributed by atoms with E-state index in [1.807, 2.05) is 18.9 Å². The van der Waals surface area contributed by atoms with Crippen LogP contribution in [0.15, 0.2) is 18.2 Å². The molecule has 0 aliphatic rings. The van der Waals surface area contributed by atoms with Crippen LogP contribution in [0.1, 0.15) is 6.92 Å². The fourth-order valence-electron chi connectivity index (χ4n) is 1.07. The largest absolute Gasteiger partial charge is 0.380 e. The summed E-state index contributed by atoms with van der Waals surface area (Å²) in [5, 5.41) is 0. The lowest BCUT2D eigenvalue weighted by molar-refractivity contribution is 0.154. The minimum atomic E-state index is -0.453. The van der Waals surface area contributed by atoms with Crippen LogP contribution < -0.4 is 4.90 Å². The molecule has 0 aliphatic carbocycles. The molecule has 0 spiro atoms.